The van der Waals surface area contributed by atoms with Gasteiger partial charge >= 0.3 is 5.97 Å². The summed E-state index contributed by atoms with van der Waals surface area (Å²) in [5.74, 6) is -0.418. The fraction of sp³-hybridized carbons (Fsp3) is 0.211. The Morgan fingerprint density at radius 2 is 1.68 bits per heavy atom. The van der Waals surface area contributed by atoms with Crippen LogP contribution < -0.4 is 0 Å². The van der Waals surface area contributed by atoms with Crippen molar-refractivity contribution < 1.29 is 22.1 Å². The SMILES string of the molecule is COC(=O)/C=C/c1ccc(CCOS(=O)(=O)c2ccc(C)cc2)cc1. The molecule has 0 saturated heterocycles. The van der Waals surface area contributed by atoms with E-state index in [4.69, 9.17) is 4.18 Å². The predicted molar refractivity (Wildman–Crippen MR) is 95.5 cm³/mol. The minimum atomic E-state index is -3.74. The van der Waals surface area contributed by atoms with E-state index in [0.29, 0.717) is 6.42 Å². The molecule has 0 N–H and O–H groups in total. The van der Waals surface area contributed by atoms with Crippen LogP contribution in [0.1, 0.15) is 16.7 Å². The number of ether oxygens (including phenoxy) is 1. The van der Waals surface area contributed by atoms with E-state index >= 15 is 0 Å². The van der Waals surface area contributed by atoms with Crippen molar-refractivity contribution >= 4 is 22.2 Å². The Morgan fingerprint density at radius 3 is 2.28 bits per heavy atom. The number of aryl methyl sites for hydroxylation is 1. The molecule has 0 unspecified atom stereocenters. The minimum Gasteiger partial charge on any atom is -0.466 e. The number of methoxy groups -OCH3 is 1. The fourth-order valence-corrected chi connectivity index (χ4v) is 2.98. The Morgan fingerprint density at radius 1 is 1.04 bits per heavy atom. The number of esters is 1. The Balaban J connectivity index is 1.90. The second-order valence-electron chi connectivity index (χ2n) is 5.44. The third-order valence-corrected chi connectivity index (χ3v) is 4.86. The summed E-state index contributed by atoms with van der Waals surface area (Å²) in [7, 11) is -2.42. The zero-order valence-electron chi connectivity index (χ0n) is 14.1. The smallest absolute Gasteiger partial charge is 0.330 e. The van der Waals surface area contributed by atoms with E-state index in [9.17, 15) is 13.2 Å². The Hall–Kier alpha value is -2.44. The molecule has 0 aliphatic carbocycles. The molecule has 0 radical (unpaired) electrons. The lowest BCUT2D eigenvalue weighted by Gasteiger charge is -2.06. The molecule has 0 bridgehead atoms. The summed E-state index contributed by atoms with van der Waals surface area (Å²) < 4.78 is 33.8. The molecule has 0 aliphatic heterocycles. The van der Waals surface area contributed by atoms with Gasteiger partial charge in [-0.15, -0.1) is 0 Å². The third-order valence-electron chi connectivity index (χ3n) is 3.53. The van der Waals surface area contributed by atoms with Crippen molar-refractivity contribution in [3.63, 3.8) is 0 Å². The monoisotopic (exact) mass is 360 g/mol. The van der Waals surface area contributed by atoms with Crippen LogP contribution in [0.3, 0.4) is 0 Å². The number of rotatable bonds is 7. The highest BCUT2D eigenvalue weighted by molar-refractivity contribution is 7.86. The number of benzene rings is 2. The van der Waals surface area contributed by atoms with Crippen molar-refractivity contribution in [1.29, 1.82) is 0 Å². The molecule has 0 fully saturated rings. The highest BCUT2D eigenvalue weighted by atomic mass is 32.2. The average Bonchev–Trinajstić information content (AvgIpc) is 2.61. The first-order valence-corrected chi connectivity index (χ1v) is 9.12. The van der Waals surface area contributed by atoms with E-state index in [1.54, 1.807) is 18.2 Å². The standard InChI is InChI=1S/C19H20O5S/c1-15-3-10-18(11-4-15)25(21,22)24-14-13-17-7-5-16(6-8-17)9-12-19(20)23-2/h3-12H,13-14H2,1-2H3/b12-9+. The van der Waals surface area contributed by atoms with Crippen LogP contribution in [0.25, 0.3) is 6.08 Å². The van der Waals surface area contributed by atoms with Crippen LogP contribution in [-0.2, 0) is 30.3 Å². The van der Waals surface area contributed by atoms with Gasteiger partial charge in [-0.2, -0.15) is 8.42 Å². The van der Waals surface area contributed by atoms with E-state index in [0.717, 1.165) is 16.7 Å². The normalized spacial score (nSPS) is 11.6. The van der Waals surface area contributed by atoms with Crippen molar-refractivity contribution in [2.45, 2.75) is 18.2 Å². The molecule has 0 amide bonds. The van der Waals surface area contributed by atoms with Gasteiger partial charge in [-0.05, 0) is 42.7 Å². The molecule has 0 spiro atoms. The quantitative estimate of drug-likeness (QED) is 0.431. The predicted octanol–water partition coefficient (Wildman–Crippen LogP) is 3.13. The summed E-state index contributed by atoms with van der Waals surface area (Å²) in [6.45, 7) is 1.95. The molecule has 5 nitrogen and oxygen atoms in total. The molecular weight excluding hydrogens is 340 g/mol. The highest BCUT2D eigenvalue weighted by Gasteiger charge is 2.14. The summed E-state index contributed by atoms with van der Waals surface area (Å²) in [5, 5.41) is 0. The van der Waals surface area contributed by atoms with Gasteiger partial charge in [0.2, 0.25) is 0 Å². The lowest BCUT2D eigenvalue weighted by molar-refractivity contribution is -0.134. The average molecular weight is 360 g/mol. The fourth-order valence-electron chi connectivity index (χ4n) is 2.07. The summed E-state index contributed by atoms with van der Waals surface area (Å²) in [6, 6.07) is 13.9. The summed E-state index contributed by atoms with van der Waals surface area (Å²) >= 11 is 0. The first-order chi connectivity index (χ1) is 11.9. The van der Waals surface area contributed by atoms with Gasteiger partial charge in [0, 0.05) is 6.08 Å². The Kier molecular flexibility index (Phi) is 6.50. The number of hydrogen-bond acceptors (Lipinski definition) is 5. The third kappa shape index (κ3) is 5.85. The summed E-state index contributed by atoms with van der Waals surface area (Å²) in [5.41, 5.74) is 2.77. The molecule has 25 heavy (non-hydrogen) atoms. The second-order valence-corrected chi connectivity index (χ2v) is 7.05. The van der Waals surface area contributed by atoms with Gasteiger partial charge < -0.3 is 4.74 Å². The van der Waals surface area contributed by atoms with Gasteiger partial charge in [-0.1, -0.05) is 42.0 Å². The van der Waals surface area contributed by atoms with E-state index < -0.39 is 16.1 Å². The molecule has 0 atom stereocenters. The largest absolute Gasteiger partial charge is 0.466 e. The molecule has 132 valence electrons. The maximum absolute atomic E-state index is 12.1. The lowest BCUT2D eigenvalue weighted by atomic mass is 10.1. The first-order valence-electron chi connectivity index (χ1n) is 7.72. The van der Waals surface area contributed by atoms with Crippen LogP contribution in [0, 0.1) is 6.92 Å². The molecule has 6 heteroatoms. The lowest BCUT2D eigenvalue weighted by Crippen LogP contribution is -2.09. The van der Waals surface area contributed by atoms with E-state index in [2.05, 4.69) is 4.74 Å². The molecule has 2 aromatic rings. The Bertz CT molecular complexity index is 834. The van der Waals surface area contributed by atoms with Gasteiger partial charge in [-0.3, -0.25) is 4.18 Å². The number of carbonyl (C=O) groups excluding carboxylic acids is 1. The molecular formula is C19H20O5S. The first kappa shape index (κ1) is 18.9. The van der Waals surface area contributed by atoms with Gasteiger partial charge in [-0.25, -0.2) is 4.79 Å². The minimum absolute atomic E-state index is 0.0631. The molecule has 2 rings (SSSR count). The number of hydrogen-bond donors (Lipinski definition) is 0. The van der Waals surface area contributed by atoms with E-state index in [-0.39, 0.29) is 11.5 Å². The van der Waals surface area contributed by atoms with E-state index in [1.807, 2.05) is 31.2 Å². The van der Waals surface area contributed by atoms with Crippen molar-refractivity contribution in [3.05, 3.63) is 71.3 Å². The van der Waals surface area contributed by atoms with Crippen molar-refractivity contribution in [2.24, 2.45) is 0 Å². The molecule has 0 aliphatic rings. The van der Waals surface area contributed by atoms with Crippen molar-refractivity contribution in [3.8, 4) is 0 Å². The van der Waals surface area contributed by atoms with E-state index in [1.165, 1.54) is 25.3 Å². The van der Waals surface area contributed by atoms with Crippen LogP contribution in [0.5, 0.6) is 0 Å². The number of carbonyl (C=O) groups is 1. The summed E-state index contributed by atoms with van der Waals surface area (Å²) in [4.78, 5) is 11.2. The zero-order valence-corrected chi connectivity index (χ0v) is 15.0. The van der Waals surface area contributed by atoms with Gasteiger partial charge in [0.1, 0.15) is 0 Å². The zero-order chi connectivity index (χ0) is 18.3. The summed E-state index contributed by atoms with van der Waals surface area (Å²) in [6.07, 6.45) is 3.45. The second kappa shape index (κ2) is 8.60. The maximum Gasteiger partial charge on any atom is 0.330 e. The highest BCUT2D eigenvalue weighted by Crippen LogP contribution is 2.14. The van der Waals surface area contributed by atoms with Crippen LogP contribution in [0.4, 0.5) is 0 Å². The molecule has 0 saturated carbocycles. The van der Waals surface area contributed by atoms with Gasteiger partial charge in [0.25, 0.3) is 10.1 Å². The topological polar surface area (TPSA) is 69.7 Å². The van der Waals surface area contributed by atoms with Gasteiger partial charge in [0.05, 0.1) is 18.6 Å². The maximum atomic E-state index is 12.1. The van der Waals surface area contributed by atoms with Crippen molar-refractivity contribution in [2.75, 3.05) is 13.7 Å². The Labute approximate surface area is 148 Å². The van der Waals surface area contributed by atoms with Crippen LogP contribution in [0.2, 0.25) is 0 Å². The molecule has 0 heterocycles. The van der Waals surface area contributed by atoms with Crippen molar-refractivity contribution in [1.82, 2.24) is 0 Å². The van der Waals surface area contributed by atoms with Crippen LogP contribution in [0.15, 0.2) is 59.5 Å². The van der Waals surface area contributed by atoms with Crippen LogP contribution in [-0.4, -0.2) is 28.1 Å². The molecule has 0 aromatic heterocycles. The van der Waals surface area contributed by atoms with Gasteiger partial charge in [0.15, 0.2) is 0 Å². The van der Waals surface area contributed by atoms with Crippen LogP contribution >= 0.6 is 0 Å². The molecule has 2 aromatic carbocycles.